The van der Waals surface area contributed by atoms with Gasteiger partial charge in [-0.15, -0.1) is 0 Å². The zero-order chi connectivity index (χ0) is 28.8. The van der Waals surface area contributed by atoms with E-state index in [1.54, 1.807) is 54.6 Å². The van der Waals surface area contributed by atoms with Gasteiger partial charge in [-0.25, -0.2) is 9.69 Å². The van der Waals surface area contributed by atoms with E-state index in [1.165, 1.54) is 13.2 Å². The fourth-order valence-electron chi connectivity index (χ4n) is 4.17. The summed E-state index contributed by atoms with van der Waals surface area (Å²) in [5, 5.41) is 2.84. The lowest BCUT2D eigenvalue weighted by atomic mass is 10.1. The fraction of sp³-hybridized carbons (Fsp3) is 0.0938. The fourth-order valence-corrected chi connectivity index (χ4v) is 4.38. The van der Waals surface area contributed by atoms with E-state index in [0.717, 1.165) is 16.0 Å². The van der Waals surface area contributed by atoms with Gasteiger partial charge in [0.25, 0.3) is 11.8 Å². The molecule has 0 aliphatic carbocycles. The standard InChI is InChI=1S/C32H25ClN2O6/c1-39-29-18-22(10-15-28(29)41-20-23-8-5-9-24(33)16-23)17-27-30(36)34-32(38)35(31(27)37)25-11-13-26(14-12-25)40-19-21-6-3-2-4-7-21/h2-18H,19-20H2,1H3,(H,34,36,38)/b27-17+. The van der Waals surface area contributed by atoms with Gasteiger partial charge in [-0.05, 0) is 71.3 Å². The molecule has 0 aromatic heterocycles. The molecule has 206 valence electrons. The first kappa shape index (κ1) is 27.5. The molecule has 0 radical (unpaired) electrons. The summed E-state index contributed by atoms with van der Waals surface area (Å²) in [6, 6.07) is 27.6. The van der Waals surface area contributed by atoms with Gasteiger partial charge in [-0.3, -0.25) is 14.9 Å². The van der Waals surface area contributed by atoms with Crippen molar-refractivity contribution in [1.29, 1.82) is 0 Å². The molecule has 1 heterocycles. The average molecular weight is 569 g/mol. The van der Waals surface area contributed by atoms with Crippen molar-refractivity contribution < 1.29 is 28.6 Å². The predicted molar refractivity (Wildman–Crippen MR) is 155 cm³/mol. The quantitative estimate of drug-likeness (QED) is 0.192. The number of carbonyl (C=O) groups is 3. The first-order valence-corrected chi connectivity index (χ1v) is 13.0. The molecular formula is C32H25ClN2O6. The van der Waals surface area contributed by atoms with Gasteiger partial charge in [0, 0.05) is 5.02 Å². The van der Waals surface area contributed by atoms with Gasteiger partial charge in [-0.1, -0.05) is 60.1 Å². The number of ether oxygens (including phenoxy) is 3. The van der Waals surface area contributed by atoms with Crippen LogP contribution in [-0.4, -0.2) is 25.0 Å². The Labute approximate surface area is 241 Å². The highest BCUT2D eigenvalue weighted by Gasteiger charge is 2.36. The molecule has 8 nitrogen and oxygen atoms in total. The second kappa shape index (κ2) is 12.4. The lowest BCUT2D eigenvalue weighted by Gasteiger charge is -2.26. The van der Waals surface area contributed by atoms with E-state index in [0.29, 0.717) is 40.1 Å². The van der Waals surface area contributed by atoms with Crippen molar-refractivity contribution in [2.45, 2.75) is 13.2 Å². The minimum absolute atomic E-state index is 0.205. The Hall–Kier alpha value is -5.08. The molecule has 1 aliphatic heterocycles. The Morgan fingerprint density at radius 3 is 2.24 bits per heavy atom. The Bertz CT molecular complexity index is 1620. The molecule has 0 unspecified atom stereocenters. The van der Waals surface area contributed by atoms with Gasteiger partial charge in [0.2, 0.25) is 0 Å². The zero-order valence-electron chi connectivity index (χ0n) is 22.0. The summed E-state index contributed by atoms with van der Waals surface area (Å²) in [6.07, 6.45) is 1.40. The number of anilines is 1. The van der Waals surface area contributed by atoms with Crippen LogP contribution < -0.4 is 24.4 Å². The highest BCUT2D eigenvalue weighted by Crippen LogP contribution is 2.31. The largest absolute Gasteiger partial charge is 0.493 e. The number of hydrogen-bond acceptors (Lipinski definition) is 6. The number of imide groups is 2. The number of methoxy groups -OCH3 is 1. The van der Waals surface area contributed by atoms with E-state index in [2.05, 4.69) is 5.32 Å². The molecule has 4 aromatic rings. The SMILES string of the molecule is COc1cc(/C=C2\C(=O)NC(=O)N(c3ccc(OCc4ccccc4)cc3)C2=O)ccc1OCc1cccc(Cl)c1. The predicted octanol–water partition coefficient (Wildman–Crippen LogP) is 6.17. The van der Waals surface area contributed by atoms with Gasteiger partial charge < -0.3 is 14.2 Å². The third kappa shape index (κ3) is 6.57. The molecule has 1 aliphatic rings. The number of nitrogens with zero attached hydrogens (tertiary/aromatic N) is 1. The van der Waals surface area contributed by atoms with E-state index in [1.807, 2.05) is 42.5 Å². The summed E-state index contributed by atoms with van der Waals surface area (Å²) in [7, 11) is 1.49. The van der Waals surface area contributed by atoms with Crippen LogP contribution in [0.1, 0.15) is 16.7 Å². The minimum atomic E-state index is -0.836. The van der Waals surface area contributed by atoms with Crippen molar-refractivity contribution in [3.05, 3.63) is 124 Å². The Kier molecular flexibility index (Phi) is 8.31. The van der Waals surface area contributed by atoms with Gasteiger partial charge in [0.15, 0.2) is 11.5 Å². The van der Waals surface area contributed by atoms with E-state index >= 15 is 0 Å². The zero-order valence-corrected chi connectivity index (χ0v) is 22.8. The molecular weight excluding hydrogens is 544 g/mol. The number of carbonyl (C=O) groups excluding carboxylic acids is 3. The lowest BCUT2D eigenvalue weighted by Crippen LogP contribution is -2.54. The van der Waals surface area contributed by atoms with Gasteiger partial charge >= 0.3 is 6.03 Å². The maximum Gasteiger partial charge on any atom is 0.335 e. The van der Waals surface area contributed by atoms with Crippen molar-refractivity contribution in [2.24, 2.45) is 0 Å². The summed E-state index contributed by atoms with van der Waals surface area (Å²) >= 11 is 6.04. The van der Waals surface area contributed by atoms with Gasteiger partial charge in [0.1, 0.15) is 24.5 Å². The highest BCUT2D eigenvalue weighted by molar-refractivity contribution is 6.39. The summed E-state index contributed by atoms with van der Waals surface area (Å²) in [6.45, 7) is 0.643. The number of urea groups is 1. The van der Waals surface area contributed by atoms with Gasteiger partial charge in [0.05, 0.1) is 12.8 Å². The molecule has 4 aromatic carbocycles. The third-order valence-electron chi connectivity index (χ3n) is 6.23. The first-order valence-electron chi connectivity index (χ1n) is 12.6. The van der Waals surface area contributed by atoms with Crippen molar-refractivity contribution in [3.8, 4) is 17.2 Å². The molecule has 41 heavy (non-hydrogen) atoms. The van der Waals surface area contributed by atoms with E-state index in [4.69, 9.17) is 25.8 Å². The molecule has 1 fully saturated rings. The highest BCUT2D eigenvalue weighted by atomic mass is 35.5. The molecule has 1 saturated heterocycles. The monoisotopic (exact) mass is 568 g/mol. The molecule has 0 atom stereocenters. The smallest absolute Gasteiger partial charge is 0.335 e. The van der Waals surface area contributed by atoms with Crippen LogP contribution in [0.5, 0.6) is 17.2 Å². The van der Waals surface area contributed by atoms with Crippen molar-refractivity contribution in [1.82, 2.24) is 5.32 Å². The number of nitrogens with one attached hydrogen (secondary N) is 1. The van der Waals surface area contributed by atoms with E-state index < -0.39 is 17.8 Å². The normalized spacial score (nSPS) is 14.1. The average Bonchev–Trinajstić information content (AvgIpc) is 2.98. The van der Waals surface area contributed by atoms with Crippen LogP contribution in [0.15, 0.2) is 103 Å². The van der Waals surface area contributed by atoms with E-state index in [9.17, 15) is 14.4 Å². The number of halogens is 1. The minimum Gasteiger partial charge on any atom is -0.493 e. The number of benzene rings is 4. The van der Waals surface area contributed by atoms with Gasteiger partial charge in [-0.2, -0.15) is 0 Å². The van der Waals surface area contributed by atoms with Crippen LogP contribution >= 0.6 is 11.6 Å². The summed E-state index contributed by atoms with van der Waals surface area (Å²) in [5.41, 5.74) is 2.49. The maximum atomic E-state index is 13.3. The summed E-state index contributed by atoms with van der Waals surface area (Å²) < 4.78 is 17.1. The Balaban J connectivity index is 1.32. The van der Waals surface area contributed by atoms with Crippen LogP contribution in [0.4, 0.5) is 10.5 Å². The first-order chi connectivity index (χ1) is 19.9. The Morgan fingerprint density at radius 2 is 1.51 bits per heavy atom. The molecule has 5 rings (SSSR count). The number of rotatable bonds is 9. The van der Waals surface area contributed by atoms with Crippen LogP contribution in [0.2, 0.25) is 5.02 Å². The number of amides is 4. The number of hydrogen-bond donors (Lipinski definition) is 1. The maximum absolute atomic E-state index is 13.3. The molecule has 0 bridgehead atoms. The van der Waals surface area contributed by atoms with Crippen LogP contribution in [0.3, 0.4) is 0 Å². The summed E-state index contributed by atoms with van der Waals surface area (Å²) in [5.74, 6) is -0.0974. The molecule has 1 N–H and O–H groups in total. The van der Waals surface area contributed by atoms with Crippen molar-refractivity contribution >= 4 is 41.2 Å². The molecule has 4 amide bonds. The molecule has 0 saturated carbocycles. The van der Waals surface area contributed by atoms with Crippen molar-refractivity contribution in [3.63, 3.8) is 0 Å². The van der Waals surface area contributed by atoms with Crippen molar-refractivity contribution in [2.75, 3.05) is 12.0 Å². The van der Waals surface area contributed by atoms with Crippen LogP contribution in [0, 0.1) is 0 Å². The third-order valence-corrected chi connectivity index (χ3v) is 6.46. The molecule has 9 heteroatoms. The van der Waals surface area contributed by atoms with Crippen LogP contribution in [0.25, 0.3) is 6.08 Å². The van der Waals surface area contributed by atoms with Crippen LogP contribution in [-0.2, 0) is 22.8 Å². The Morgan fingerprint density at radius 1 is 0.780 bits per heavy atom. The van der Waals surface area contributed by atoms with E-state index in [-0.39, 0.29) is 12.2 Å². The second-order valence-electron chi connectivity index (χ2n) is 9.05. The lowest BCUT2D eigenvalue weighted by molar-refractivity contribution is -0.122. The topological polar surface area (TPSA) is 94.2 Å². The number of barbiturate groups is 1. The summed E-state index contributed by atoms with van der Waals surface area (Å²) in [4.78, 5) is 39.5. The second-order valence-corrected chi connectivity index (χ2v) is 9.49. The molecule has 0 spiro atoms.